The third-order valence-corrected chi connectivity index (χ3v) is 2.86. The first-order valence-corrected chi connectivity index (χ1v) is 4.60. The molecular weight excluding hydrogens is 179 g/mol. The van der Waals surface area contributed by atoms with E-state index in [1.54, 1.807) is 0 Å². The van der Waals surface area contributed by atoms with E-state index in [2.05, 4.69) is 0 Å². The van der Waals surface area contributed by atoms with Crippen LogP contribution in [0.1, 0.15) is 12.8 Å². The van der Waals surface area contributed by atoms with E-state index < -0.39 is 15.4 Å². The molecular formula is C5H9NaO4S. The summed E-state index contributed by atoms with van der Waals surface area (Å²) in [6.45, 7) is 0.790. The zero-order valence-electron chi connectivity index (χ0n) is 6.45. The maximum absolute atomic E-state index is 10.4. The first-order valence-electron chi connectivity index (χ1n) is 3.13. The Morgan fingerprint density at radius 1 is 1.27 bits per heavy atom. The van der Waals surface area contributed by atoms with Gasteiger partial charge in [0.05, 0.1) is 15.4 Å². The molecule has 11 heavy (non-hydrogen) atoms. The molecule has 0 unspecified atom stereocenters. The minimum absolute atomic E-state index is 0. The standard InChI is InChI=1S/C5H10O4S.Na/c6-10(7,8)5-1-3-9-4-2-5;/h5H,1-4H2,(H,6,7,8);/q;+1/p-1. The van der Waals surface area contributed by atoms with E-state index in [1.165, 1.54) is 0 Å². The van der Waals surface area contributed by atoms with Gasteiger partial charge in [-0.3, -0.25) is 0 Å². The SMILES string of the molecule is O=S(=O)([O-])C1CCOCC1.[Na+]. The summed E-state index contributed by atoms with van der Waals surface area (Å²) in [5.41, 5.74) is 0. The van der Waals surface area contributed by atoms with E-state index in [9.17, 15) is 13.0 Å². The second-order valence-electron chi connectivity index (χ2n) is 2.30. The monoisotopic (exact) mass is 188 g/mol. The van der Waals surface area contributed by atoms with Crippen LogP contribution in [0.5, 0.6) is 0 Å². The molecule has 1 aliphatic rings. The van der Waals surface area contributed by atoms with Crippen molar-refractivity contribution in [3.63, 3.8) is 0 Å². The van der Waals surface area contributed by atoms with Crippen LogP contribution in [0.4, 0.5) is 0 Å². The number of ether oxygens (including phenoxy) is 1. The maximum Gasteiger partial charge on any atom is 1.00 e. The molecule has 0 saturated carbocycles. The van der Waals surface area contributed by atoms with Gasteiger partial charge in [-0.2, -0.15) is 0 Å². The summed E-state index contributed by atoms with van der Waals surface area (Å²) in [4.78, 5) is 0. The van der Waals surface area contributed by atoms with E-state index in [4.69, 9.17) is 4.74 Å². The second kappa shape index (κ2) is 4.79. The van der Waals surface area contributed by atoms with Crippen molar-refractivity contribution in [2.24, 2.45) is 0 Å². The Balaban J connectivity index is 0.000001000. The summed E-state index contributed by atoms with van der Waals surface area (Å²) in [5.74, 6) is 0. The van der Waals surface area contributed by atoms with Crippen LogP contribution >= 0.6 is 0 Å². The Bertz CT molecular complexity index is 195. The van der Waals surface area contributed by atoms with Crippen LogP contribution in [-0.4, -0.2) is 31.4 Å². The molecule has 1 rings (SSSR count). The molecule has 1 aliphatic heterocycles. The molecule has 1 heterocycles. The second-order valence-corrected chi connectivity index (χ2v) is 3.96. The fourth-order valence-electron chi connectivity index (χ4n) is 0.965. The van der Waals surface area contributed by atoms with Gasteiger partial charge in [0.2, 0.25) is 0 Å². The molecule has 0 aromatic heterocycles. The summed E-state index contributed by atoms with van der Waals surface area (Å²) in [7, 11) is -4.06. The number of hydrogen-bond acceptors (Lipinski definition) is 4. The molecule has 0 radical (unpaired) electrons. The number of hydrogen-bond donors (Lipinski definition) is 0. The van der Waals surface area contributed by atoms with Crippen molar-refractivity contribution in [2.75, 3.05) is 13.2 Å². The predicted octanol–water partition coefficient (Wildman–Crippen LogP) is -3.29. The summed E-state index contributed by atoms with van der Waals surface area (Å²) < 4.78 is 36.0. The average Bonchev–Trinajstić information content (AvgIpc) is 1.88. The smallest absolute Gasteiger partial charge is 0.748 e. The Labute approximate surface area is 88.3 Å². The van der Waals surface area contributed by atoms with E-state index in [-0.39, 0.29) is 29.6 Å². The van der Waals surface area contributed by atoms with Crippen LogP contribution in [0.25, 0.3) is 0 Å². The van der Waals surface area contributed by atoms with E-state index in [0.29, 0.717) is 26.1 Å². The van der Waals surface area contributed by atoms with Gasteiger partial charge < -0.3 is 9.29 Å². The van der Waals surface area contributed by atoms with Gasteiger partial charge in [-0.05, 0) is 12.8 Å². The minimum atomic E-state index is -4.06. The van der Waals surface area contributed by atoms with E-state index >= 15 is 0 Å². The summed E-state index contributed by atoms with van der Waals surface area (Å²) in [5, 5.41) is -0.707. The maximum atomic E-state index is 10.4. The van der Waals surface area contributed by atoms with Crippen molar-refractivity contribution in [1.29, 1.82) is 0 Å². The van der Waals surface area contributed by atoms with Gasteiger partial charge in [0.25, 0.3) is 0 Å². The Kier molecular flexibility index (Phi) is 5.17. The van der Waals surface area contributed by atoms with Crippen LogP contribution in [0.3, 0.4) is 0 Å². The predicted molar refractivity (Wildman–Crippen MR) is 33.5 cm³/mol. The molecule has 0 bridgehead atoms. The van der Waals surface area contributed by atoms with Crippen molar-refractivity contribution in [3.05, 3.63) is 0 Å². The van der Waals surface area contributed by atoms with Gasteiger partial charge in [0.15, 0.2) is 0 Å². The molecule has 1 saturated heterocycles. The van der Waals surface area contributed by atoms with Gasteiger partial charge in [-0.15, -0.1) is 0 Å². The molecule has 0 spiro atoms. The normalized spacial score (nSPS) is 20.8. The minimum Gasteiger partial charge on any atom is -0.748 e. The fraction of sp³-hybridized carbons (Fsp3) is 1.00. The molecule has 4 nitrogen and oxygen atoms in total. The van der Waals surface area contributed by atoms with Crippen molar-refractivity contribution in [3.8, 4) is 0 Å². The number of rotatable bonds is 1. The Hall–Kier alpha value is 0.870. The Morgan fingerprint density at radius 3 is 2.00 bits per heavy atom. The van der Waals surface area contributed by atoms with Gasteiger partial charge in [-0.1, -0.05) is 0 Å². The van der Waals surface area contributed by atoms with Crippen molar-refractivity contribution in [1.82, 2.24) is 0 Å². The molecule has 0 aliphatic carbocycles. The van der Waals surface area contributed by atoms with Crippen LogP contribution in [0.2, 0.25) is 0 Å². The third-order valence-electron chi connectivity index (χ3n) is 1.58. The largest absolute Gasteiger partial charge is 1.00 e. The molecule has 0 aromatic carbocycles. The van der Waals surface area contributed by atoms with Crippen LogP contribution in [0.15, 0.2) is 0 Å². The van der Waals surface area contributed by atoms with Crippen molar-refractivity contribution >= 4 is 10.1 Å². The first-order chi connectivity index (χ1) is 4.61. The third kappa shape index (κ3) is 3.87. The topological polar surface area (TPSA) is 66.4 Å². The first kappa shape index (κ1) is 11.9. The van der Waals surface area contributed by atoms with Crippen molar-refractivity contribution < 1.29 is 47.3 Å². The van der Waals surface area contributed by atoms with Crippen LogP contribution in [-0.2, 0) is 14.9 Å². The molecule has 60 valence electrons. The average molecular weight is 188 g/mol. The Morgan fingerprint density at radius 2 is 1.73 bits per heavy atom. The summed E-state index contributed by atoms with van der Waals surface area (Å²) >= 11 is 0. The summed E-state index contributed by atoms with van der Waals surface area (Å²) in [6, 6.07) is 0. The van der Waals surface area contributed by atoms with Gasteiger partial charge in [0.1, 0.15) is 0 Å². The van der Waals surface area contributed by atoms with Crippen LogP contribution in [0, 0.1) is 0 Å². The van der Waals surface area contributed by atoms with Gasteiger partial charge in [0, 0.05) is 13.2 Å². The van der Waals surface area contributed by atoms with E-state index in [1.807, 2.05) is 0 Å². The van der Waals surface area contributed by atoms with E-state index in [0.717, 1.165) is 0 Å². The zero-order valence-corrected chi connectivity index (χ0v) is 9.26. The molecule has 0 aromatic rings. The zero-order chi connectivity index (χ0) is 7.61. The quantitative estimate of drug-likeness (QED) is 0.319. The van der Waals surface area contributed by atoms with Crippen molar-refractivity contribution in [2.45, 2.75) is 18.1 Å². The van der Waals surface area contributed by atoms with Gasteiger partial charge >= 0.3 is 29.6 Å². The molecule has 0 atom stereocenters. The summed E-state index contributed by atoms with van der Waals surface area (Å²) in [6.07, 6.45) is 0.706. The molecule has 1 fully saturated rings. The van der Waals surface area contributed by atoms with Gasteiger partial charge in [-0.25, -0.2) is 8.42 Å². The molecule has 0 N–H and O–H groups in total. The fourth-order valence-corrected chi connectivity index (χ4v) is 1.73. The molecule has 6 heteroatoms. The van der Waals surface area contributed by atoms with Crippen LogP contribution < -0.4 is 29.6 Å². The molecule has 0 amide bonds.